The summed E-state index contributed by atoms with van der Waals surface area (Å²) >= 11 is 6.10. The van der Waals surface area contributed by atoms with Crippen LogP contribution in [0.4, 0.5) is 0 Å². The SMILES string of the molecule is O=C(O)c1ccc2[nH]c3nccc(Cl)c3c2c1. The Morgan fingerprint density at radius 1 is 1.35 bits per heavy atom. The Bertz CT molecular complexity index is 749. The van der Waals surface area contributed by atoms with E-state index >= 15 is 0 Å². The standard InChI is InChI=1S/C12H7ClN2O2/c13-8-3-4-14-11-10(8)7-5-6(12(16)17)1-2-9(7)15-11/h1-5H,(H,14,15)(H,16,17). The minimum absolute atomic E-state index is 0.235. The molecular formula is C12H7ClN2O2. The minimum atomic E-state index is -0.957. The van der Waals surface area contributed by atoms with Crippen LogP contribution in [0.1, 0.15) is 10.4 Å². The summed E-state index contributed by atoms with van der Waals surface area (Å²) in [6.07, 6.45) is 1.61. The fourth-order valence-electron chi connectivity index (χ4n) is 1.91. The first-order chi connectivity index (χ1) is 8.16. The number of aromatic carboxylic acids is 1. The summed E-state index contributed by atoms with van der Waals surface area (Å²) in [4.78, 5) is 18.2. The molecule has 3 aromatic rings. The molecule has 0 saturated heterocycles. The molecule has 0 atom stereocenters. The van der Waals surface area contributed by atoms with Crippen molar-refractivity contribution >= 4 is 39.5 Å². The Labute approximate surface area is 101 Å². The van der Waals surface area contributed by atoms with Crippen molar-refractivity contribution in [2.24, 2.45) is 0 Å². The molecule has 2 N–H and O–H groups in total. The van der Waals surface area contributed by atoms with E-state index in [4.69, 9.17) is 16.7 Å². The first-order valence-electron chi connectivity index (χ1n) is 4.96. The first kappa shape index (κ1) is 10.1. The number of fused-ring (bicyclic) bond motifs is 3. The summed E-state index contributed by atoms with van der Waals surface area (Å²) in [6.45, 7) is 0. The third-order valence-electron chi connectivity index (χ3n) is 2.69. The van der Waals surface area contributed by atoms with Gasteiger partial charge in [0, 0.05) is 22.5 Å². The molecular weight excluding hydrogens is 240 g/mol. The molecule has 0 aliphatic carbocycles. The molecule has 0 bridgehead atoms. The highest BCUT2D eigenvalue weighted by atomic mass is 35.5. The van der Waals surface area contributed by atoms with E-state index < -0.39 is 5.97 Å². The van der Waals surface area contributed by atoms with Crippen LogP contribution in [0.3, 0.4) is 0 Å². The van der Waals surface area contributed by atoms with Crippen LogP contribution in [0.15, 0.2) is 30.5 Å². The number of halogens is 1. The van der Waals surface area contributed by atoms with E-state index in [9.17, 15) is 4.79 Å². The van der Waals surface area contributed by atoms with Crippen molar-refractivity contribution in [3.05, 3.63) is 41.0 Å². The number of rotatable bonds is 1. The smallest absolute Gasteiger partial charge is 0.335 e. The molecule has 0 spiro atoms. The Morgan fingerprint density at radius 2 is 2.18 bits per heavy atom. The van der Waals surface area contributed by atoms with Crippen molar-refractivity contribution < 1.29 is 9.90 Å². The maximum atomic E-state index is 10.9. The van der Waals surface area contributed by atoms with Gasteiger partial charge < -0.3 is 10.1 Å². The summed E-state index contributed by atoms with van der Waals surface area (Å²) in [6, 6.07) is 6.55. The van der Waals surface area contributed by atoms with Crippen molar-refractivity contribution in [3.8, 4) is 0 Å². The van der Waals surface area contributed by atoms with E-state index in [0.717, 1.165) is 16.3 Å². The number of nitrogens with one attached hydrogen (secondary N) is 1. The molecule has 5 heteroatoms. The van der Waals surface area contributed by atoms with Gasteiger partial charge in [0.05, 0.1) is 10.6 Å². The Hall–Kier alpha value is -2.07. The van der Waals surface area contributed by atoms with Crippen LogP contribution in [0, 0.1) is 0 Å². The second-order valence-electron chi connectivity index (χ2n) is 3.71. The summed E-state index contributed by atoms with van der Waals surface area (Å²) < 4.78 is 0. The molecule has 0 saturated carbocycles. The minimum Gasteiger partial charge on any atom is -0.478 e. The van der Waals surface area contributed by atoms with Gasteiger partial charge >= 0.3 is 5.97 Å². The van der Waals surface area contributed by atoms with E-state index in [0.29, 0.717) is 10.7 Å². The normalized spacial score (nSPS) is 11.1. The number of nitrogens with zero attached hydrogens (tertiary/aromatic N) is 1. The quantitative estimate of drug-likeness (QED) is 0.693. The average Bonchev–Trinajstić information content (AvgIpc) is 2.67. The first-order valence-corrected chi connectivity index (χ1v) is 5.34. The molecule has 17 heavy (non-hydrogen) atoms. The molecule has 1 aromatic carbocycles. The number of carbonyl (C=O) groups is 1. The van der Waals surface area contributed by atoms with Crippen molar-refractivity contribution in [2.75, 3.05) is 0 Å². The van der Waals surface area contributed by atoms with Crippen LogP contribution >= 0.6 is 11.6 Å². The molecule has 0 aliphatic heterocycles. The zero-order valence-corrected chi connectivity index (χ0v) is 9.32. The molecule has 3 rings (SSSR count). The molecule has 4 nitrogen and oxygen atoms in total. The number of carboxylic acid groups (broad SMARTS) is 1. The van der Waals surface area contributed by atoms with Crippen molar-refractivity contribution in [2.45, 2.75) is 0 Å². The van der Waals surface area contributed by atoms with Gasteiger partial charge in [-0.2, -0.15) is 0 Å². The highest BCUT2D eigenvalue weighted by Crippen LogP contribution is 2.30. The molecule has 0 amide bonds. The fourth-order valence-corrected chi connectivity index (χ4v) is 2.16. The van der Waals surface area contributed by atoms with Gasteiger partial charge in [-0.1, -0.05) is 11.6 Å². The van der Waals surface area contributed by atoms with Crippen LogP contribution in [0.5, 0.6) is 0 Å². The lowest BCUT2D eigenvalue weighted by Crippen LogP contribution is -1.94. The highest BCUT2D eigenvalue weighted by Gasteiger charge is 2.11. The van der Waals surface area contributed by atoms with Crippen molar-refractivity contribution in [3.63, 3.8) is 0 Å². The van der Waals surface area contributed by atoms with Gasteiger partial charge in [0.1, 0.15) is 5.65 Å². The van der Waals surface area contributed by atoms with Gasteiger partial charge in [0.2, 0.25) is 0 Å². The van der Waals surface area contributed by atoms with Crippen LogP contribution in [0.25, 0.3) is 21.9 Å². The number of hydrogen-bond donors (Lipinski definition) is 2. The molecule has 2 heterocycles. The Balaban J connectivity index is 2.48. The lowest BCUT2D eigenvalue weighted by atomic mass is 10.1. The van der Waals surface area contributed by atoms with Crippen LogP contribution in [-0.2, 0) is 0 Å². The van der Waals surface area contributed by atoms with E-state index in [1.54, 1.807) is 30.5 Å². The molecule has 84 valence electrons. The zero-order chi connectivity index (χ0) is 12.0. The number of carboxylic acids is 1. The lowest BCUT2D eigenvalue weighted by Gasteiger charge is -1.96. The molecule has 0 aliphatic rings. The highest BCUT2D eigenvalue weighted by molar-refractivity contribution is 6.37. The number of hydrogen-bond acceptors (Lipinski definition) is 2. The predicted octanol–water partition coefficient (Wildman–Crippen LogP) is 3.07. The van der Waals surface area contributed by atoms with Gasteiger partial charge in [0.15, 0.2) is 0 Å². The third kappa shape index (κ3) is 1.45. The molecule has 0 fully saturated rings. The second-order valence-corrected chi connectivity index (χ2v) is 4.11. The van der Waals surface area contributed by atoms with E-state index in [1.165, 1.54) is 0 Å². The summed E-state index contributed by atoms with van der Waals surface area (Å²) in [5.74, 6) is -0.957. The largest absolute Gasteiger partial charge is 0.478 e. The maximum Gasteiger partial charge on any atom is 0.335 e. The van der Waals surface area contributed by atoms with E-state index in [1.807, 2.05) is 0 Å². The summed E-state index contributed by atoms with van der Waals surface area (Å²) in [5.41, 5.74) is 1.72. The Kier molecular flexibility index (Phi) is 2.06. The van der Waals surface area contributed by atoms with E-state index in [2.05, 4.69) is 9.97 Å². The number of aromatic amines is 1. The second kappa shape index (κ2) is 3.46. The topological polar surface area (TPSA) is 66.0 Å². The third-order valence-corrected chi connectivity index (χ3v) is 3.00. The molecule has 0 unspecified atom stereocenters. The number of benzene rings is 1. The van der Waals surface area contributed by atoms with Gasteiger partial charge in [-0.25, -0.2) is 9.78 Å². The van der Waals surface area contributed by atoms with Crippen LogP contribution in [-0.4, -0.2) is 21.0 Å². The van der Waals surface area contributed by atoms with Crippen LogP contribution < -0.4 is 0 Å². The van der Waals surface area contributed by atoms with Crippen LogP contribution in [0.2, 0.25) is 5.02 Å². The fraction of sp³-hybridized carbons (Fsp3) is 0. The number of H-pyrrole nitrogens is 1. The molecule has 0 radical (unpaired) electrons. The van der Waals surface area contributed by atoms with Gasteiger partial charge in [-0.15, -0.1) is 0 Å². The van der Waals surface area contributed by atoms with Gasteiger partial charge in [0.25, 0.3) is 0 Å². The Morgan fingerprint density at radius 3 is 2.94 bits per heavy atom. The van der Waals surface area contributed by atoms with E-state index in [-0.39, 0.29) is 5.56 Å². The van der Waals surface area contributed by atoms with Crippen molar-refractivity contribution in [1.29, 1.82) is 0 Å². The number of aromatic nitrogens is 2. The molecule has 2 aromatic heterocycles. The maximum absolute atomic E-state index is 10.9. The van der Waals surface area contributed by atoms with Gasteiger partial charge in [-0.05, 0) is 24.3 Å². The number of pyridine rings is 1. The monoisotopic (exact) mass is 246 g/mol. The summed E-state index contributed by atoms with van der Waals surface area (Å²) in [5, 5.41) is 11.1. The zero-order valence-electron chi connectivity index (χ0n) is 8.57. The summed E-state index contributed by atoms with van der Waals surface area (Å²) in [7, 11) is 0. The van der Waals surface area contributed by atoms with Gasteiger partial charge in [-0.3, -0.25) is 0 Å². The van der Waals surface area contributed by atoms with Crippen molar-refractivity contribution in [1.82, 2.24) is 9.97 Å². The predicted molar refractivity (Wildman–Crippen MR) is 65.6 cm³/mol. The lowest BCUT2D eigenvalue weighted by molar-refractivity contribution is 0.0697. The average molecular weight is 247 g/mol.